The normalized spacial score (nSPS) is 41.1. The lowest BCUT2D eigenvalue weighted by Crippen LogP contribution is -2.61. The van der Waals surface area contributed by atoms with E-state index in [9.17, 15) is 0 Å². The van der Waals surface area contributed by atoms with Crippen LogP contribution in [0.25, 0.3) is 0 Å². The lowest BCUT2D eigenvalue weighted by Gasteiger charge is -2.39. The molecule has 9 fully saturated rings. The van der Waals surface area contributed by atoms with E-state index in [0.717, 1.165) is 100 Å². The Bertz CT molecular complexity index is 2530. The average molecular weight is 977 g/mol. The molecule has 5 saturated heterocycles. The fourth-order valence-electron chi connectivity index (χ4n) is 15.8. The summed E-state index contributed by atoms with van der Waals surface area (Å²) in [5.74, 6) is 7.41. The standard InChI is InChI=1S/C60H80N8O4/c1-33-9-5-13-37(25-33)69-41-17-21-45-49(29-41)57-62-53(45)61-54-46-22-18-43(71-39-15-7-11-35(3)27-39)31-51(46)59(63-54)68-60-52-32-44(72-40-16-8-12-36(4)28-40)20-24-48(52)56(67-60)66-58-50-30-42(19-23-47(50)55(64-57)65-58)70-38-14-6-10-34(2)26-38/h5-16,25-28,41-68H,17-24,29-32H2,1-4H3. The van der Waals surface area contributed by atoms with Gasteiger partial charge in [0.1, 0.15) is 23.0 Å². The summed E-state index contributed by atoms with van der Waals surface area (Å²) in [6.45, 7) is 8.63. The number of fused-ring (bicyclic) bond motifs is 20. The Morgan fingerprint density at radius 3 is 0.694 bits per heavy atom. The van der Waals surface area contributed by atoms with Crippen LogP contribution in [0.15, 0.2) is 97.1 Å². The zero-order chi connectivity index (χ0) is 48.5. The van der Waals surface area contributed by atoms with Crippen molar-refractivity contribution in [3.8, 4) is 23.0 Å². The molecule has 72 heavy (non-hydrogen) atoms. The maximum Gasteiger partial charge on any atom is 0.119 e. The number of benzene rings is 4. The van der Waals surface area contributed by atoms with Crippen molar-refractivity contribution in [2.45, 2.75) is 178 Å². The van der Waals surface area contributed by atoms with E-state index in [4.69, 9.17) is 18.9 Å². The van der Waals surface area contributed by atoms with Gasteiger partial charge in [-0.3, -0.25) is 42.5 Å². The van der Waals surface area contributed by atoms with Crippen LogP contribution < -0.4 is 61.5 Å². The highest BCUT2D eigenvalue weighted by molar-refractivity contribution is 5.31. The zero-order valence-electron chi connectivity index (χ0n) is 42.9. The number of aryl methyl sites for hydroxylation is 4. The van der Waals surface area contributed by atoms with Crippen molar-refractivity contribution in [1.29, 1.82) is 0 Å². The predicted molar refractivity (Wildman–Crippen MR) is 281 cm³/mol. The van der Waals surface area contributed by atoms with E-state index in [1.165, 1.54) is 22.3 Å². The summed E-state index contributed by atoms with van der Waals surface area (Å²) in [6, 6.07) is 34.5. The summed E-state index contributed by atoms with van der Waals surface area (Å²) in [4.78, 5) is 0. The summed E-state index contributed by atoms with van der Waals surface area (Å²) in [7, 11) is 0. The lowest BCUT2D eigenvalue weighted by atomic mass is 9.75. The minimum Gasteiger partial charge on any atom is -0.490 e. The van der Waals surface area contributed by atoms with Gasteiger partial charge in [-0.15, -0.1) is 0 Å². The molecule has 0 spiro atoms. The molecule has 20 unspecified atom stereocenters. The molecule has 0 amide bonds. The molecule has 13 rings (SSSR count). The summed E-state index contributed by atoms with van der Waals surface area (Å²) in [5.41, 5.74) is 4.96. The van der Waals surface area contributed by atoms with E-state index in [1.54, 1.807) is 0 Å². The third kappa shape index (κ3) is 9.80. The maximum absolute atomic E-state index is 6.86. The zero-order valence-corrected chi connectivity index (χ0v) is 42.9. The first-order chi connectivity index (χ1) is 35.2. The second-order valence-corrected chi connectivity index (χ2v) is 23.9. The van der Waals surface area contributed by atoms with Crippen LogP contribution in [-0.2, 0) is 0 Å². The van der Waals surface area contributed by atoms with Crippen LogP contribution in [0.1, 0.15) is 99.3 Å². The molecule has 12 heteroatoms. The van der Waals surface area contributed by atoms with E-state index in [0.29, 0.717) is 47.3 Å². The first-order valence-corrected chi connectivity index (χ1v) is 28.2. The van der Waals surface area contributed by atoms with Gasteiger partial charge in [-0.25, -0.2) is 0 Å². The minimum atomic E-state index is 0.108. The van der Waals surface area contributed by atoms with Crippen molar-refractivity contribution in [2.24, 2.45) is 47.3 Å². The molecule has 8 bridgehead atoms. The molecule has 4 aromatic rings. The molecule has 9 aliphatic rings. The Balaban J connectivity index is 0.821. The molecule has 0 radical (unpaired) electrons. The van der Waals surface area contributed by atoms with E-state index in [1.807, 2.05) is 0 Å². The molecule has 5 heterocycles. The molecule has 8 N–H and O–H groups in total. The summed E-state index contributed by atoms with van der Waals surface area (Å²) >= 11 is 0. The molecule has 12 nitrogen and oxygen atoms in total. The molecule has 384 valence electrons. The van der Waals surface area contributed by atoms with Crippen LogP contribution in [-0.4, -0.2) is 73.7 Å². The molecule has 4 saturated carbocycles. The topological polar surface area (TPSA) is 133 Å². The summed E-state index contributed by atoms with van der Waals surface area (Å²) in [6.07, 6.45) is 14.5. The van der Waals surface area contributed by atoms with Gasteiger partial charge in [0.15, 0.2) is 0 Å². The number of nitrogens with one attached hydrogen (secondary N) is 8. The first-order valence-electron chi connectivity index (χ1n) is 28.2. The molecule has 20 atom stereocenters. The van der Waals surface area contributed by atoms with Crippen LogP contribution in [0.3, 0.4) is 0 Å². The number of hydrogen-bond donors (Lipinski definition) is 8. The van der Waals surface area contributed by atoms with E-state index >= 15 is 0 Å². The van der Waals surface area contributed by atoms with Gasteiger partial charge in [-0.1, -0.05) is 48.5 Å². The first kappa shape index (κ1) is 47.5. The van der Waals surface area contributed by atoms with Crippen LogP contribution in [0.5, 0.6) is 23.0 Å². The third-order valence-corrected chi connectivity index (χ3v) is 19.1. The lowest BCUT2D eigenvalue weighted by molar-refractivity contribution is 0.0624. The average Bonchev–Trinajstić information content (AvgIpc) is 4.09. The Kier molecular flexibility index (Phi) is 13.3. The smallest absolute Gasteiger partial charge is 0.119 e. The third-order valence-electron chi connectivity index (χ3n) is 19.1. The van der Waals surface area contributed by atoms with Gasteiger partial charge in [-0.05, 0) is 223 Å². The number of rotatable bonds is 8. The predicted octanol–water partition coefficient (Wildman–Crippen LogP) is 8.07. The van der Waals surface area contributed by atoms with Crippen molar-refractivity contribution < 1.29 is 18.9 Å². The molecule has 5 aliphatic heterocycles. The van der Waals surface area contributed by atoms with E-state index < -0.39 is 0 Å². The second-order valence-electron chi connectivity index (χ2n) is 23.9. The van der Waals surface area contributed by atoms with Crippen LogP contribution in [0.2, 0.25) is 0 Å². The van der Waals surface area contributed by atoms with Crippen LogP contribution in [0, 0.1) is 75.0 Å². The SMILES string of the molecule is Cc1cccc(OC2CCC3C4NC5NC(NC6NC(NC7NC(NC(N4)C3C2)C2CCC(Oc3cccc(C)c3)CC72)C2CCC(Oc3cccc(C)c3)CC62)C2CC(Oc3cccc(C)c3)CCC52)c1. The maximum atomic E-state index is 6.86. The van der Waals surface area contributed by atoms with Gasteiger partial charge >= 0.3 is 0 Å². The quantitative estimate of drug-likeness (QED) is 0.0869. The van der Waals surface area contributed by atoms with Crippen molar-refractivity contribution in [3.63, 3.8) is 0 Å². The molecule has 4 aromatic carbocycles. The molecular weight excluding hydrogens is 897 g/mol. The fraction of sp³-hybridized carbons (Fsp3) is 0.600. The number of ether oxygens (including phenoxy) is 4. The highest BCUT2D eigenvalue weighted by Crippen LogP contribution is 2.47. The van der Waals surface area contributed by atoms with Crippen molar-refractivity contribution in [2.75, 3.05) is 0 Å². The summed E-state index contributed by atoms with van der Waals surface area (Å²) in [5, 5.41) is 34.6. The molecule has 0 aromatic heterocycles. The second kappa shape index (κ2) is 20.1. The molecular formula is C60H80N8O4. The summed E-state index contributed by atoms with van der Waals surface area (Å²) < 4.78 is 27.4. The molecule has 4 aliphatic carbocycles. The Morgan fingerprint density at radius 2 is 0.486 bits per heavy atom. The van der Waals surface area contributed by atoms with Gasteiger partial charge in [0.05, 0.1) is 73.7 Å². The largest absolute Gasteiger partial charge is 0.490 e. The fourth-order valence-corrected chi connectivity index (χ4v) is 15.8. The van der Waals surface area contributed by atoms with E-state index in [2.05, 4.69) is 167 Å². The Morgan fingerprint density at radius 1 is 0.278 bits per heavy atom. The Labute approximate surface area is 428 Å². The van der Waals surface area contributed by atoms with Crippen molar-refractivity contribution in [1.82, 2.24) is 42.5 Å². The van der Waals surface area contributed by atoms with Gasteiger partial charge in [0.2, 0.25) is 0 Å². The highest BCUT2D eigenvalue weighted by atomic mass is 16.5. The minimum absolute atomic E-state index is 0.108. The van der Waals surface area contributed by atoms with Gasteiger partial charge in [-0.2, -0.15) is 0 Å². The highest BCUT2D eigenvalue weighted by Gasteiger charge is 2.57. The van der Waals surface area contributed by atoms with E-state index in [-0.39, 0.29) is 73.7 Å². The van der Waals surface area contributed by atoms with Crippen LogP contribution in [0.4, 0.5) is 0 Å². The van der Waals surface area contributed by atoms with Crippen molar-refractivity contribution >= 4 is 0 Å². The van der Waals surface area contributed by atoms with Crippen molar-refractivity contribution in [3.05, 3.63) is 119 Å². The van der Waals surface area contributed by atoms with Gasteiger partial charge in [0, 0.05) is 0 Å². The van der Waals surface area contributed by atoms with Gasteiger partial charge in [0.25, 0.3) is 0 Å². The van der Waals surface area contributed by atoms with Gasteiger partial charge < -0.3 is 18.9 Å². The van der Waals surface area contributed by atoms with Crippen LogP contribution >= 0.6 is 0 Å². The monoisotopic (exact) mass is 977 g/mol. The Hall–Kier alpha value is -4.24. The number of hydrogen-bond acceptors (Lipinski definition) is 12.